The van der Waals surface area contributed by atoms with E-state index in [1.807, 2.05) is 0 Å². The fourth-order valence-corrected chi connectivity index (χ4v) is 1.01. The van der Waals surface area contributed by atoms with Crippen LogP contribution in [-0.2, 0) is 15.5 Å². The molecule has 6 heteroatoms. The zero-order valence-corrected chi connectivity index (χ0v) is 7.28. The van der Waals surface area contributed by atoms with Crippen LogP contribution in [0.1, 0.15) is 10.4 Å². The highest BCUT2D eigenvalue weighted by molar-refractivity contribution is 7.74. The highest BCUT2D eigenvalue weighted by Crippen LogP contribution is 2.11. The molecular formula is C7H7NO4S. The average molecular weight is 201 g/mol. The van der Waals surface area contributed by atoms with Crippen LogP contribution in [0.4, 0.5) is 5.69 Å². The van der Waals surface area contributed by atoms with Crippen molar-refractivity contribution in [3.8, 4) is 0 Å². The number of nitrogen functional groups attached to an aromatic ring is 1. The van der Waals surface area contributed by atoms with Crippen molar-refractivity contribution in [2.45, 2.75) is 0 Å². The van der Waals surface area contributed by atoms with Crippen molar-refractivity contribution in [3.05, 3.63) is 29.8 Å². The molecule has 0 fully saturated rings. The second-order valence-electron chi connectivity index (χ2n) is 2.18. The van der Waals surface area contributed by atoms with Gasteiger partial charge in [-0.3, -0.25) is 4.55 Å². The number of hydrogen-bond acceptors (Lipinski definition) is 4. The number of rotatable bonds is 2. The number of hydrogen-bond donors (Lipinski definition) is 2. The molecule has 13 heavy (non-hydrogen) atoms. The lowest BCUT2D eigenvalue weighted by atomic mass is 10.2. The van der Waals surface area contributed by atoms with Crippen LogP contribution in [-0.4, -0.2) is 14.7 Å². The van der Waals surface area contributed by atoms with Gasteiger partial charge in [-0.15, -0.1) is 0 Å². The lowest BCUT2D eigenvalue weighted by Gasteiger charge is -2.01. The zero-order valence-electron chi connectivity index (χ0n) is 6.47. The molecule has 0 spiro atoms. The topological polar surface area (TPSA) is 89.6 Å². The quantitative estimate of drug-likeness (QED) is 0.539. The summed E-state index contributed by atoms with van der Waals surface area (Å²) in [5.74, 6) is -0.918. The first-order chi connectivity index (χ1) is 6.11. The molecule has 70 valence electrons. The Morgan fingerprint density at radius 2 is 2.08 bits per heavy atom. The van der Waals surface area contributed by atoms with Gasteiger partial charge in [-0.05, 0) is 12.1 Å². The Morgan fingerprint density at radius 3 is 2.62 bits per heavy atom. The van der Waals surface area contributed by atoms with Crippen molar-refractivity contribution in [1.82, 2.24) is 0 Å². The summed E-state index contributed by atoms with van der Waals surface area (Å²) in [6, 6.07) is 6.12. The molecule has 0 radical (unpaired) electrons. The van der Waals surface area contributed by atoms with Crippen molar-refractivity contribution in [2.24, 2.45) is 0 Å². The SMILES string of the molecule is Nc1ccccc1C(=O)OS(=O)O. The van der Waals surface area contributed by atoms with E-state index >= 15 is 0 Å². The van der Waals surface area contributed by atoms with Gasteiger partial charge in [0.15, 0.2) is 0 Å². The molecule has 0 heterocycles. The van der Waals surface area contributed by atoms with Gasteiger partial charge in [0.25, 0.3) is 0 Å². The normalized spacial score (nSPS) is 12.1. The molecule has 0 aromatic heterocycles. The Morgan fingerprint density at radius 1 is 1.46 bits per heavy atom. The molecule has 0 bridgehead atoms. The van der Waals surface area contributed by atoms with Crippen molar-refractivity contribution in [3.63, 3.8) is 0 Å². The first-order valence-corrected chi connectivity index (χ1v) is 4.32. The molecule has 3 N–H and O–H groups in total. The molecule has 1 aromatic carbocycles. The zero-order chi connectivity index (χ0) is 9.84. The first-order valence-electron chi connectivity index (χ1n) is 3.29. The Bertz CT molecular complexity index is 352. The van der Waals surface area contributed by atoms with E-state index in [4.69, 9.17) is 10.3 Å². The fourth-order valence-electron chi connectivity index (χ4n) is 0.793. The van der Waals surface area contributed by atoms with Gasteiger partial charge in [-0.1, -0.05) is 12.1 Å². The minimum absolute atomic E-state index is 0.0740. The summed E-state index contributed by atoms with van der Waals surface area (Å²) >= 11 is -2.61. The summed E-state index contributed by atoms with van der Waals surface area (Å²) in [7, 11) is 0. The van der Waals surface area contributed by atoms with E-state index in [1.54, 1.807) is 12.1 Å². The van der Waals surface area contributed by atoms with Gasteiger partial charge in [0.2, 0.25) is 0 Å². The number of nitrogens with two attached hydrogens (primary N) is 1. The van der Waals surface area contributed by atoms with Crippen LogP contribution in [0.15, 0.2) is 24.3 Å². The van der Waals surface area contributed by atoms with Gasteiger partial charge in [-0.2, -0.15) is 4.21 Å². The van der Waals surface area contributed by atoms with Crippen molar-refractivity contribution in [1.29, 1.82) is 0 Å². The minimum Gasteiger partial charge on any atom is -0.398 e. The molecule has 1 aromatic rings. The number of benzene rings is 1. The summed E-state index contributed by atoms with van der Waals surface area (Å²) in [4.78, 5) is 11.0. The smallest absolute Gasteiger partial charge is 0.360 e. The van der Waals surface area contributed by atoms with Crippen molar-refractivity contribution in [2.75, 3.05) is 5.73 Å². The van der Waals surface area contributed by atoms with Crippen LogP contribution in [0, 0.1) is 0 Å². The summed E-state index contributed by atoms with van der Waals surface area (Å²) in [5.41, 5.74) is 5.70. The highest BCUT2D eigenvalue weighted by atomic mass is 32.2. The number of carbonyl (C=O) groups excluding carboxylic acids is 1. The summed E-state index contributed by atoms with van der Waals surface area (Å²) in [5, 5.41) is 0. The molecule has 0 saturated heterocycles. The minimum atomic E-state index is -2.61. The summed E-state index contributed by atoms with van der Waals surface area (Å²) < 4.78 is 22.4. The largest absolute Gasteiger partial charge is 0.398 e. The van der Waals surface area contributed by atoms with Crippen LogP contribution in [0.3, 0.4) is 0 Å². The van der Waals surface area contributed by atoms with Gasteiger partial charge in [-0.25, -0.2) is 4.79 Å². The van der Waals surface area contributed by atoms with E-state index in [9.17, 15) is 9.00 Å². The monoisotopic (exact) mass is 201 g/mol. The molecule has 0 amide bonds. The van der Waals surface area contributed by atoms with E-state index in [0.717, 1.165) is 0 Å². The molecule has 5 nitrogen and oxygen atoms in total. The van der Waals surface area contributed by atoms with E-state index in [1.165, 1.54) is 12.1 Å². The molecule has 0 saturated carbocycles. The standard InChI is InChI=1S/C7H7NO4S/c8-6-4-2-1-3-5(6)7(9)12-13(10)11/h1-4H,8H2,(H,10,11). The number of para-hydroxylation sites is 1. The van der Waals surface area contributed by atoms with E-state index < -0.39 is 17.3 Å². The molecule has 0 aliphatic rings. The Labute approximate surface area is 77.0 Å². The predicted octanol–water partition coefficient (Wildman–Crippen LogP) is 0.562. The van der Waals surface area contributed by atoms with Crippen LogP contribution in [0.5, 0.6) is 0 Å². The van der Waals surface area contributed by atoms with Crippen LogP contribution < -0.4 is 5.73 Å². The van der Waals surface area contributed by atoms with E-state index in [2.05, 4.69) is 4.18 Å². The molecule has 1 unspecified atom stereocenters. The van der Waals surface area contributed by atoms with Gasteiger partial charge in [0, 0.05) is 5.69 Å². The summed E-state index contributed by atoms with van der Waals surface area (Å²) in [6.07, 6.45) is 0. The predicted molar refractivity (Wildman–Crippen MR) is 47.0 cm³/mol. The Kier molecular flexibility index (Phi) is 2.99. The van der Waals surface area contributed by atoms with Gasteiger partial charge >= 0.3 is 17.3 Å². The molecule has 1 rings (SSSR count). The Hall–Kier alpha value is -1.40. The number of anilines is 1. The first kappa shape index (κ1) is 9.69. The molecule has 0 aliphatic carbocycles. The molecule has 1 atom stereocenters. The van der Waals surface area contributed by atoms with Gasteiger partial charge in [0.1, 0.15) is 0 Å². The summed E-state index contributed by atoms with van der Waals surface area (Å²) in [6.45, 7) is 0. The third-order valence-electron chi connectivity index (χ3n) is 1.33. The highest BCUT2D eigenvalue weighted by Gasteiger charge is 2.12. The van der Waals surface area contributed by atoms with Crippen LogP contribution in [0.2, 0.25) is 0 Å². The van der Waals surface area contributed by atoms with Crippen molar-refractivity contribution < 1.29 is 17.7 Å². The van der Waals surface area contributed by atoms with Gasteiger partial charge in [0.05, 0.1) is 5.56 Å². The van der Waals surface area contributed by atoms with Crippen molar-refractivity contribution >= 4 is 23.0 Å². The maximum atomic E-state index is 11.0. The van der Waals surface area contributed by atoms with E-state index in [0.29, 0.717) is 0 Å². The van der Waals surface area contributed by atoms with Crippen LogP contribution >= 0.6 is 0 Å². The van der Waals surface area contributed by atoms with Gasteiger partial charge < -0.3 is 9.92 Å². The lowest BCUT2D eigenvalue weighted by Crippen LogP contribution is -2.09. The fraction of sp³-hybridized carbons (Fsp3) is 0. The molecule has 0 aliphatic heterocycles. The maximum Gasteiger partial charge on any atom is 0.360 e. The maximum absolute atomic E-state index is 11.0. The second kappa shape index (κ2) is 4.01. The number of carbonyl (C=O) groups is 1. The third-order valence-corrected chi connectivity index (χ3v) is 1.62. The second-order valence-corrected chi connectivity index (χ2v) is 2.78. The molecular weight excluding hydrogens is 194 g/mol. The van der Waals surface area contributed by atoms with Crippen LogP contribution in [0.25, 0.3) is 0 Å². The third kappa shape index (κ3) is 2.53. The average Bonchev–Trinajstić information content (AvgIpc) is 2.03. The van der Waals surface area contributed by atoms with E-state index in [-0.39, 0.29) is 11.3 Å². The Balaban J connectivity index is 2.89. The lowest BCUT2D eigenvalue weighted by molar-refractivity contribution is 0.0744.